The van der Waals surface area contributed by atoms with Gasteiger partial charge in [-0.05, 0) is 0 Å². The van der Waals surface area contributed by atoms with Gasteiger partial charge < -0.3 is 0 Å². The Morgan fingerprint density at radius 2 is 2.33 bits per heavy atom. The fraction of sp³-hybridized carbons (Fsp3) is 0. The summed E-state index contributed by atoms with van der Waals surface area (Å²) in [6, 6.07) is 0. The van der Waals surface area contributed by atoms with Crippen LogP contribution in [0.5, 0.6) is 0 Å². The van der Waals surface area contributed by atoms with Crippen LogP contribution in [0.25, 0.3) is 0 Å². The van der Waals surface area contributed by atoms with Crippen LogP contribution in [0, 0.1) is 6.15 Å². The first-order chi connectivity index (χ1) is 2.91. The van der Waals surface area contributed by atoms with E-state index in [0.717, 1.165) is 6.08 Å². The van der Waals surface area contributed by atoms with Crippen molar-refractivity contribution in [2.45, 2.75) is 0 Å². The zero-order valence-corrected chi connectivity index (χ0v) is 2.89. The summed E-state index contributed by atoms with van der Waals surface area (Å²) in [5, 5.41) is 0. The third kappa shape index (κ3) is 2.97. The summed E-state index contributed by atoms with van der Waals surface area (Å²) in [4.78, 5) is 9.12. The van der Waals surface area contributed by atoms with Crippen molar-refractivity contribution in [2.24, 2.45) is 0 Å². The van der Waals surface area contributed by atoms with Gasteiger partial charge in [-0.25, -0.2) is 0 Å². The Hall–Kier alpha value is -1.03. The zero-order chi connectivity index (χ0) is 4.83. The monoisotopic (exact) mass is 81.0 g/mol. The van der Waals surface area contributed by atoms with Crippen LogP contribution >= 0.6 is 0 Å². The average Bonchev–Trinajstić information content (AvgIpc) is 1.61. The van der Waals surface area contributed by atoms with Gasteiger partial charge in [-0.3, -0.25) is 0 Å². The van der Waals surface area contributed by atoms with Gasteiger partial charge in [0, 0.05) is 0 Å². The number of rotatable bonds is 0. The van der Waals surface area contributed by atoms with Crippen molar-refractivity contribution in [3.8, 4) is 6.15 Å². The van der Waals surface area contributed by atoms with E-state index in [1.807, 2.05) is 5.73 Å². The molecule has 0 atom stereocenters. The first-order valence-corrected chi connectivity index (χ1v) is 1.24. The molecule has 0 rings (SSSR count). The van der Waals surface area contributed by atoms with Crippen LogP contribution in [0.15, 0.2) is 11.8 Å². The maximum absolute atomic E-state index is 9.14. The van der Waals surface area contributed by atoms with Gasteiger partial charge >= 0.3 is 33.3 Å². The summed E-state index contributed by atoms with van der Waals surface area (Å²) in [5.41, 5.74) is 1.84. The Bertz CT molecular complexity index is 139. The Balaban J connectivity index is 3.91. The number of carbonyl (C=O) groups excluding carboxylic acids is 1. The Morgan fingerprint density at radius 3 is 2.50 bits per heavy atom. The summed E-state index contributed by atoms with van der Waals surface area (Å²) in [6.07, 6.45) is 2.15. The van der Waals surface area contributed by atoms with E-state index in [0.29, 0.717) is 0 Å². The SMILES string of the molecule is O=C=C=CC#[O+]. The van der Waals surface area contributed by atoms with Crippen LogP contribution in [0.2, 0.25) is 0 Å². The number of allylic oxidation sites excluding steroid dienone is 1. The van der Waals surface area contributed by atoms with Crippen molar-refractivity contribution in [3.05, 3.63) is 11.8 Å². The third-order valence-electron chi connectivity index (χ3n) is 0.190. The standard InChI is InChI=1S/C4HO2/c5-3-1-2-4-6/h1H/q+1. The predicted octanol–water partition coefficient (Wildman–Crippen LogP) is -0.0810. The fourth-order valence-electron chi connectivity index (χ4n) is 0.0589. The Labute approximate surface area is 34.5 Å². The molecule has 0 aliphatic carbocycles. The quantitative estimate of drug-likeness (QED) is 0.228. The zero-order valence-electron chi connectivity index (χ0n) is 2.89. The molecule has 0 N–H and O–H groups in total. The van der Waals surface area contributed by atoms with Gasteiger partial charge in [0.25, 0.3) is 0 Å². The van der Waals surface area contributed by atoms with E-state index in [4.69, 9.17) is 9.45 Å². The molecule has 0 aromatic heterocycles. The second kappa shape index (κ2) is 3.97. The molecule has 0 aromatic carbocycles. The molecule has 0 aromatic rings. The van der Waals surface area contributed by atoms with Crippen molar-refractivity contribution < 1.29 is 9.45 Å². The minimum atomic E-state index is 0.826. The molecule has 2 heteroatoms. The molecular formula is C4HO2+. The van der Waals surface area contributed by atoms with E-state index in [1.54, 1.807) is 0 Å². The summed E-state index contributed by atoms with van der Waals surface area (Å²) in [5.74, 6) is 1.25. The normalized spacial score (nSPS) is 3.83. The van der Waals surface area contributed by atoms with Gasteiger partial charge in [-0.2, -0.15) is 0 Å². The number of hydrogen-bond donors (Lipinski definition) is 0. The maximum atomic E-state index is 9.14. The first-order valence-electron chi connectivity index (χ1n) is 1.24. The molecule has 0 spiro atoms. The van der Waals surface area contributed by atoms with E-state index in [2.05, 4.69) is 0 Å². The Morgan fingerprint density at radius 1 is 1.67 bits per heavy atom. The van der Waals surface area contributed by atoms with Gasteiger partial charge in [0.15, 0.2) is 0 Å². The van der Waals surface area contributed by atoms with Gasteiger partial charge in [0.05, 0.1) is 0 Å². The van der Waals surface area contributed by atoms with Gasteiger partial charge in [-0.15, -0.1) is 0 Å². The molecule has 0 amide bonds. The molecule has 0 saturated carbocycles. The fourth-order valence-corrected chi connectivity index (χ4v) is 0.0589. The van der Waals surface area contributed by atoms with E-state index in [1.165, 1.54) is 12.1 Å². The molecule has 0 aliphatic heterocycles. The van der Waals surface area contributed by atoms with Crippen LogP contribution in [-0.2, 0) is 9.45 Å². The van der Waals surface area contributed by atoms with E-state index in [-0.39, 0.29) is 0 Å². The van der Waals surface area contributed by atoms with E-state index < -0.39 is 0 Å². The van der Waals surface area contributed by atoms with Crippen molar-refractivity contribution in [2.75, 3.05) is 0 Å². The molecule has 0 radical (unpaired) electrons. The minimum absolute atomic E-state index is 0.826. The molecule has 0 saturated heterocycles. The second-order valence-corrected chi connectivity index (χ2v) is 0.509. The van der Waals surface area contributed by atoms with Crippen LogP contribution in [0.1, 0.15) is 0 Å². The Kier molecular flexibility index (Phi) is 3.29. The molecule has 0 bridgehead atoms. The molecule has 2 nitrogen and oxygen atoms in total. The van der Waals surface area contributed by atoms with Crippen LogP contribution < -0.4 is 0 Å². The van der Waals surface area contributed by atoms with Gasteiger partial charge in [-0.1, -0.05) is 0 Å². The van der Waals surface area contributed by atoms with Crippen molar-refractivity contribution >= 4 is 5.94 Å². The van der Waals surface area contributed by atoms with Crippen molar-refractivity contribution in [3.63, 3.8) is 0 Å². The molecule has 0 heterocycles. The second-order valence-electron chi connectivity index (χ2n) is 0.509. The summed E-state index contributed by atoms with van der Waals surface area (Å²) in [6.45, 7) is 0. The molecule has 0 unspecified atom stereocenters. The third-order valence-corrected chi connectivity index (χ3v) is 0.190. The molecular weight excluding hydrogens is 80.0 g/mol. The first kappa shape index (κ1) is 4.97. The summed E-state index contributed by atoms with van der Waals surface area (Å²) >= 11 is 0. The van der Waals surface area contributed by atoms with Gasteiger partial charge in [0.1, 0.15) is 0 Å². The summed E-state index contributed by atoms with van der Waals surface area (Å²) < 4.78 is 9.14. The molecule has 0 aliphatic rings. The average molecular weight is 81.0 g/mol. The molecule has 28 valence electrons. The van der Waals surface area contributed by atoms with Gasteiger partial charge in [0.2, 0.25) is 0 Å². The number of hydrogen-bond acceptors (Lipinski definition) is 1. The summed E-state index contributed by atoms with van der Waals surface area (Å²) in [7, 11) is 0. The van der Waals surface area contributed by atoms with Crippen LogP contribution in [0.3, 0.4) is 0 Å². The van der Waals surface area contributed by atoms with E-state index >= 15 is 0 Å². The van der Waals surface area contributed by atoms with Crippen molar-refractivity contribution in [1.82, 2.24) is 0 Å². The van der Waals surface area contributed by atoms with Crippen molar-refractivity contribution in [1.29, 1.82) is 0 Å². The van der Waals surface area contributed by atoms with Crippen LogP contribution in [-0.4, -0.2) is 5.94 Å². The predicted molar refractivity (Wildman–Crippen MR) is 18.4 cm³/mol. The van der Waals surface area contributed by atoms with E-state index in [9.17, 15) is 0 Å². The van der Waals surface area contributed by atoms with Crippen LogP contribution in [0.4, 0.5) is 0 Å². The molecule has 0 fully saturated rings. The topological polar surface area (TPSA) is 37.0 Å². The molecule has 6 heavy (non-hydrogen) atoms.